The number of fused-ring (bicyclic) bond motifs is 3. The van der Waals surface area contributed by atoms with Gasteiger partial charge in [0.25, 0.3) is 0 Å². The van der Waals surface area contributed by atoms with Crippen LogP contribution in [-0.2, 0) is 32.3 Å². The summed E-state index contributed by atoms with van der Waals surface area (Å²) in [5.74, 6) is 1.90. The summed E-state index contributed by atoms with van der Waals surface area (Å²) in [5.41, 5.74) is 6.67. The van der Waals surface area contributed by atoms with Gasteiger partial charge in [0.15, 0.2) is 0 Å². The molecule has 3 aromatic carbocycles. The second-order valence-corrected chi connectivity index (χ2v) is 12.5. The van der Waals surface area contributed by atoms with E-state index in [2.05, 4.69) is 47.8 Å². The van der Waals surface area contributed by atoms with Crippen molar-refractivity contribution in [1.82, 2.24) is 0 Å². The third kappa shape index (κ3) is 6.92. The molecule has 1 saturated carbocycles. The lowest BCUT2D eigenvalue weighted by molar-refractivity contribution is -0.144. The predicted octanol–water partition coefficient (Wildman–Crippen LogP) is 5.38. The minimum absolute atomic E-state index is 0.00375. The van der Waals surface area contributed by atoms with Gasteiger partial charge in [-0.25, -0.2) is 8.42 Å². The van der Waals surface area contributed by atoms with Crippen molar-refractivity contribution in [2.45, 2.75) is 38.6 Å². The van der Waals surface area contributed by atoms with E-state index in [1.807, 2.05) is 25.1 Å². The molecule has 39 heavy (non-hydrogen) atoms. The fraction of sp³-hybridized carbons (Fsp3) is 0.387. The minimum Gasteiger partial charge on any atom is -0.494 e. The number of carbonyl (C=O) groups excluding carboxylic acids is 1. The standard InChI is InChI=1S/C31H35NO6S/c1-3-36-31(33)29-19-27(29)22-6-8-24(9-7-22)32-20-21-5-12-30-28(17-21)26-11-10-25(18-23(26)13-15-38-30)37-14-4-16-39(2,34)35/h5-12,17-18,27,29,32H,3-4,13-16,19-20H2,1-2H3/t27-,29+/m1/s1. The molecule has 206 valence electrons. The summed E-state index contributed by atoms with van der Waals surface area (Å²) in [5, 5.41) is 3.50. The van der Waals surface area contributed by atoms with E-state index >= 15 is 0 Å². The highest BCUT2D eigenvalue weighted by Gasteiger charge is 2.45. The van der Waals surface area contributed by atoms with Crippen LogP contribution in [0.1, 0.15) is 42.4 Å². The summed E-state index contributed by atoms with van der Waals surface area (Å²) in [6.45, 7) is 3.88. The van der Waals surface area contributed by atoms with Crippen LogP contribution >= 0.6 is 0 Å². The molecule has 0 saturated heterocycles. The van der Waals surface area contributed by atoms with Crippen LogP contribution in [0.5, 0.6) is 11.5 Å². The number of ether oxygens (including phenoxy) is 3. The molecule has 1 heterocycles. The monoisotopic (exact) mass is 549 g/mol. The third-order valence-corrected chi connectivity index (χ3v) is 8.21. The van der Waals surface area contributed by atoms with E-state index in [1.165, 1.54) is 11.8 Å². The van der Waals surface area contributed by atoms with Gasteiger partial charge in [0.2, 0.25) is 0 Å². The number of benzene rings is 3. The van der Waals surface area contributed by atoms with Gasteiger partial charge in [0.05, 0.1) is 31.5 Å². The number of anilines is 1. The topological polar surface area (TPSA) is 90.9 Å². The van der Waals surface area contributed by atoms with Crippen LogP contribution in [0.15, 0.2) is 60.7 Å². The molecular weight excluding hydrogens is 514 g/mol. The molecule has 7 nitrogen and oxygen atoms in total. The number of esters is 1. The third-order valence-electron chi connectivity index (χ3n) is 7.18. The first kappa shape index (κ1) is 27.1. The highest BCUT2D eigenvalue weighted by Crippen LogP contribution is 2.48. The first-order valence-corrected chi connectivity index (χ1v) is 15.6. The van der Waals surface area contributed by atoms with Crippen LogP contribution in [0.2, 0.25) is 0 Å². The molecular formula is C31H35NO6S. The molecule has 0 spiro atoms. The highest BCUT2D eigenvalue weighted by molar-refractivity contribution is 7.90. The molecule has 1 aliphatic heterocycles. The zero-order valence-corrected chi connectivity index (χ0v) is 23.3. The van der Waals surface area contributed by atoms with Crippen LogP contribution in [0, 0.1) is 5.92 Å². The van der Waals surface area contributed by atoms with E-state index in [9.17, 15) is 13.2 Å². The van der Waals surface area contributed by atoms with Gasteiger partial charge in [-0.05, 0) is 84.3 Å². The Hall–Kier alpha value is -3.52. The van der Waals surface area contributed by atoms with Crippen molar-refractivity contribution in [3.05, 3.63) is 77.4 Å². The molecule has 5 rings (SSSR count). The largest absolute Gasteiger partial charge is 0.494 e. The number of hydrogen-bond acceptors (Lipinski definition) is 7. The Balaban J connectivity index is 1.22. The van der Waals surface area contributed by atoms with Gasteiger partial charge < -0.3 is 19.5 Å². The van der Waals surface area contributed by atoms with E-state index in [4.69, 9.17) is 14.2 Å². The van der Waals surface area contributed by atoms with Crippen molar-refractivity contribution in [1.29, 1.82) is 0 Å². The first-order valence-electron chi connectivity index (χ1n) is 13.5. The van der Waals surface area contributed by atoms with Crippen molar-refractivity contribution < 1.29 is 27.4 Å². The van der Waals surface area contributed by atoms with E-state index < -0.39 is 9.84 Å². The Labute approximate surface area is 230 Å². The molecule has 0 aromatic heterocycles. The number of nitrogens with one attached hydrogen (secondary N) is 1. The molecule has 8 heteroatoms. The van der Waals surface area contributed by atoms with E-state index in [-0.39, 0.29) is 23.6 Å². The smallest absolute Gasteiger partial charge is 0.309 e. The van der Waals surface area contributed by atoms with Gasteiger partial charge in [0, 0.05) is 30.5 Å². The molecule has 0 amide bonds. The van der Waals surface area contributed by atoms with Crippen LogP contribution in [-0.4, -0.2) is 46.2 Å². The molecule has 3 aromatic rings. The summed E-state index contributed by atoms with van der Waals surface area (Å²) < 4.78 is 39.7. The van der Waals surface area contributed by atoms with Gasteiger partial charge in [-0.1, -0.05) is 24.3 Å². The van der Waals surface area contributed by atoms with Gasteiger partial charge in [0.1, 0.15) is 21.3 Å². The summed E-state index contributed by atoms with van der Waals surface area (Å²) in [7, 11) is -2.98. The molecule has 2 atom stereocenters. The zero-order valence-electron chi connectivity index (χ0n) is 22.4. The van der Waals surface area contributed by atoms with Crippen molar-refractivity contribution in [2.24, 2.45) is 5.92 Å². The minimum atomic E-state index is -2.98. The summed E-state index contributed by atoms with van der Waals surface area (Å²) in [6, 6.07) is 20.6. The van der Waals surface area contributed by atoms with Crippen LogP contribution in [0.25, 0.3) is 11.1 Å². The Morgan fingerprint density at radius 3 is 2.64 bits per heavy atom. The Kier molecular flexibility index (Phi) is 8.12. The number of carbonyl (C=O) groups is 1. The summed E-state index contributed by atoms with van der Waals surface area (Å²) in [6.07, 6.45) is 3.34. The fourth-order valence-corrected chi connectivity index (χ4v) is 5.70. The quantitative estimate of drug-likeness (QED) is 0.254. The molecule has 0 bridgehead atoms. The second kappa shape index (κ2) is 11.7. The van der Waals surface area contributed by atoms with Crippen molar-refractivity contribution in [3.8, 4) is 22.6 Å². The number of hydrogen-bond donors (Lipinski definition) is 1. The summed E-state index contributed by atoms with van der Waals surface area (Å²) in [4.78, 5) is 11.9. The SMILES string of the molecule is CCOC(=O)[C@H]1C[C@@H]1c1ccc(NCc2ccc3c(c2)-c2ccc(OCCCS(C)(=O)=O)cc2CCO3)cc1. The van der Waals surface area contributed by atoms with Crippen molar-refractivity contribution in [3.63, 3.8) is 0 Å². The maximum atomic E-state index is 11.9. The average molecular weight is 550 g/mol. The van der Waals surface area contributed by atoms with Crippen LogP contribution in [0.4, 0.5) is 5.69 Å². The van der Waals surface area contributed by atoms with E-state index in [0.29, 0.717) is 32.8 Å². The van der Waals surface area contributed by atoms with Crippen LogP contribution < -0.4 is 14.8 Å². The predicted molar refractivity (Wildman–Crippen MR) is 152 cm³/mol. The van der Waals surface area contributed by atoms with Crippen molar-refractivity contribution >= 4 is 21.5 Å². The molecule has 1 aliphatic carbocycles. The van der Waals surface area contributed by atoms with Crippen LogP contribution in [0.3, 0.4) is 0 Å². The normalized spacial score (nSPS) is 17.7. The fourth-order valence-electron chi connectivity index (χ4n) is 5.06. The van der Waals surface area contributed by atoms with Gasteiger partial charge in [-0.3, -0.25) is 4.79 Å². The molecule has 0 radical (unpaired) electrons. The van der Waals surface area contributed by atoms with E-state index in [1.54, 1.807) is 0 Å². The van der Waals surface area contributed by atoms with Gasteiger partial charge in [-0.15, -0.1) is 0 Å². The van der Waals surface area contributed by atoms with Crippen molar-refractivity contribution in [2.75, 3.05) is 37.1 Å². The molecule has 2 aliphatic rings. The summed E-state index contributed by atoms with van der Waals surface area (Å²) >= 11 is 0. The lowest BCUT2D eigenvalue weighted by Gasteiger charge is -2.14. The maximum Gasteiger partial charge on any atom is 0.309 e. The zero-order chi connectivity index (χ0) is 27.4. The molecule has 0 unspecified atom stereocenters. The van der Waals surface area contributed by atoms with E-state index in [0.717, 1.165) is 52.3 Å². The Morgan fingerprint density at radius 1 is 1.05 bits per heavy atom. The lowest BCUT2D eigenvalue weighted by Crippen LogP contribution is -2.08. The van der Waals surface area contributed by atoms with Gasteiger partial charge in [-0.2, -0.15) is 0 Å². The Morgan fingerprint density at radius 2 is 1.87 bits per heavy atom. The highest BCUT2D eigenvalue weighted by atomic mass is 32.2. The Bertz CT molecular complexity index is 1430. The van der Waals surface area contributed by atoms with Gasteiger partial charge >= 0.3 is 5.97 Å². The lowest BCUT2D eigenvalue weighted by atomic mass is 9.96. The maximum absolute atomic E-state index is 11.9. The molecule has 1 N–H and O–H groups in total. The second-order valence-electron chi connectivity index (χ2n) is 10.3. The number of sulfone groups is 1. The molecule has 1 fully saturated rings. The number of rotatable bonds is 11. The average Bonchev–Trinajstić information content (AvgIpc) is 3.73. The first-order chi connectivity index (χ1) is 18.8.